The van der Waals surface area contributed by atoms with Crippen molar-refractivity contribution < 1.29 is 23.8 Å². The molecule has 7 heteroatoms. The Morgan fingerprint density at radius 2 is 1.74 bits per heavy atom. The minimum Gasteiger partial charge on any atom is -0.493 e. The highest BCUT2D eigenvalue weighted by Gasteiger charge is 2.15. The molecule has 0 saturated heterocycles. The summed E-state index contributed by atoms with van der Waals surface area (Å²) in [6, 6.07) is 13.6. The number of hydrazone groups is 1. The third kappa shape index (κ3) is 6.47. The summed E-state index contributed by atoms with van der Waals surface area (Å²) in [4.78, 5) is 23.7. The predicted octanol–water partition coefficient (Wildman–Crippen LogP) is 3.77. The van der Waals surface area contributed by atoms with E-state index in [1.807, 2.05) is 6.07 Å². The van der Waals surface area contributed by atoms with Crippen molar-refractivity contribution in [3.8, 4) is 11.5 Å². The molecule has 0 bridgehead atoms. The van der Waals surface area contributed by atoms with Crippen LogP contribution in [0.2, 0.25) is 0 Å². The Morgan fingerprint density at radius 1 is 1.04 bits per heavy atom. The molecule has 0 heterocycles. The summed E-state index contributed by atoms with van der Waals surface area (Å²) < 4.78 is 15.7. The minimum absolute atomic E-state index is 0.281. The lowest BCUT2D eigenvalue weighted by molar-refractivity contribution is 0.0529. The number of nitrogens with one attached hydrogen (secondary N) is 1. The predicted molar refractivity (Wildman–Crippen MR) is 101 cm³/mol. The van der Waals surface area contributed by atoms with E-state index in [0.29, 0.717) is 16.9 Å². The first-order valence-electron chi connectivity index (χ1n) is 8.26. The summed E-state index contributed by atoms with van der Waals surface area (Å²) in [5, 5.41) is 3.83. The van der Waals surface area contributed by atoms with E-state index in [1.54, 1.807) is 63.2 Å². The number of carbonyl (C=O) groups is 2. The van der Waals surface area contributed by atoms with Crippen LogP contribution in [0.4, 0.5) is 4.79 Å². The largest absolute Gasteiger partial charge is 0.493 e. The zero-order valence-corrected chi connectivity index (χ0v) is 15.7. The SMILES string of the molecule is COc1cc(/C=N\NC(=O)OC(C)(C)C)ccc1OC(=O)c1ccccc1. The topological polar surface area (TPSA) is 86.2 Å². The van der Waals surface area contributed by atoms with Crippen molar-refractivity contribution in [2.24, 2.45) is 5.10 Å². The van der Waals surface area contributed by atoms with Gasteiger partial charge < -0.3 is 14.2 Å². The van der Waals surface area contributed by atoms with Crippen LogP contribution in [0, 0.1) is 0 Å². The normalized spacial score (nSPS) is 11.1. The molecule has 0 unspecified atom stereocenters. The number of carbonyl (C=O) groups excluding carboxylic acids is 2. The lowest BCUT2D eigenvalue weighted by Gasteiger charge is -2.18. The van der Waals surface area contributed by atoms with Gasteiger partial charge in [0.05, 0.1) is 18.9 Å². The van der Waals surface area contributed by atoms with Crippen molar-refractivity contribution in [3.05, 3.63) is 59.7 Å². The highest BCUT2D eigenvalue weighted by molar-refractivity contribution is 5.91. The maximum Gasteiger partial charge on any atom is 0.428 e. The van der Waals surface area contributed by atoms with Crippen LogP contribution in [-0.4, -0.2) is 31.0 Å². The Balaban J connectivity index is 2.04. The summed E-state index contributed by atoms with van der Waals surface area (Å²) in [6.07, 6.45) is 0.772. The highest BCUT2D eigenvalue weighted by Crippen LogP contribution is 2.28. The summed E-state index contributed by atoms with van der Waals surface area (Å²) in [7, 11) is 1.47. The van der Waals surface area contributed by atoms with Crippen molar-refractivity contribution in [1.82, 2.24) is 5.43 Å². The van der Waals surface area contributed by atoms with Gasteiger partial charge >= 0.3 is 12.1 Å². The van der Waals surface area contributed by atoms with Gasteiger partial charge in [-0.25, -0.2) is 15.0 Å². The first-order chi connectivity index (χ1) is 12.8. The standard InChI is InChI=1S/C20H22N2O5/c1-20(2,3)27-19(24)22-21-13-14-10-11-16(17(12-14)25-4)26-18(23)15-8-6-5-7-9-15/h5-13H,1-4H3,(H,22,24)/b21-13-. The van der Waals surface area contributed by atoms with Gasteiger partial charge in [0.2, 0.25) is 0 Å². The van der Waals surface area contributed by atoms with E-state index in [-0.39, 0.29) is 5.75 Å². The highest BCUT2D eigenvalue weighted by atomic mass is 16.6. The van der Waals surface area contributed by atoms with E-state index in [9.17, 15) is 9.59 Å². The Bertz CT molecular complexity index is 826. The molecule has 142 valence electrons. The molecule has 1 N–H and O–H groups in total. The Labute approximate surface area is 157 Å². The van der Waals surface area contributed by atoms with Crippen LogP contribution in [0.3, 0.4) is 0 Å². The Kier molecular flexibility index (Phi) is 6.54. The van der Waals surface area contributed by atoms with Gasteiger partial charge in [0, 0.05) is 0 Å². The number of nitrogens with zero attached hydrogens (tertiary/aromatic N) is 1. The molecular formula is C20H22N2O5. The van der Waals surface area contributed by atoms with Crippen LogP contribution in [-0.2, 0) is 4.74 Å². The zero-order chi connectivity index (χ0) is 19.9. The fourth-order valence-corrected chi connectivity index (χ4v) is 2.04. The van der Waals surface area contributed by atoms with Gasteiger partial charge in [0.25, 0.3) is 0 Å². The minimum atomic E-state index is -0.654. The maximum absolute atomic E-state index is 12.2. The van der Waals surface area contributed by atoms with Gasteiger partial charge in [0.15, 0.2) is 11.5 Å². The van der Waals surface area contributed by atoms with Gasteiger partial charge in [-0.15, -0.1) is 0 Å². The molecule has 27 heavy (non-hydrogen) atoms. The molecule has 0 saturated carbocycles. The lowest BCUT2D eigenvalue weighted by Crippen LogP contribution is -2.29. The third-order valence-corrected chi connectivity index (χ3v) is 3.17. The molecule has 0 spiro atoms. The van der Waals surface area contributed by atoms with Crippen LogP contribution in [0.5, 0.6) is 11.5 Å². The van der Waals surface area contributed by atoms with Crippen molar-refractivity contribution in [2.45, 2.75) is 26.4 Å². The average Bonchev–Trinajstić information content (AvgIpc) is 2.62. The first-order valence-corrected chi connectivity index (χ1v) is 8.26. The number of benzene rings is 2. The number of methoxy groups -OCH3 is 1. The second kappa shape index (κ2) is 8.84. The molecular weight excluding hydrogens is 348 g/mol. The first kappa shape index (κ1) is 20.0. The molecule has 0 aliphatic rings. The maximum atomic E-state index is 12.2. The molecule has 0 atom stereocenters. The van der Waals surface area contributed by atoms with Crippen molar-refractivity contribution in [3.63, 3.8) is 0 Å². The van der Waals surface area contributed by atoms with E-state index >= 15 is 0 Å². The quantitative estimate of drug-likeness (QED) is 0.375. The second-order valence-corrected chi connectivity index (χ2v) is 6.54. The number of rotatable bonds is 5. The molecule has 0 radical (unpaired) electrons. The number of amides is 1. The Hall–Kier alpha value is -3.35. The van der Waals surface area contributed by atoms with Crippen LogP contribution in [0.25, 0.3) is 0 Å². The van der Waals surface area contributed by atoms with E-state index in [1.165, 1.54) is 13.3 Å². The molecule has 1 amide bonds. The van der Waals surface area contributed by atoms with Gasteiger partial charge in [0.1, 0.15) is 5.60 Å². The van der Waals surface area contributed by atoms with Gasteiger partial charge in [-0.2, -0.15) is 5.10 Å². The van der Waals surface area contributed by atoms with Crippen LogP contribution in [0.1, 0.15) is 36.7 Å². The smallest absolute Gasteiger partial charge is 0.428 e. The van der Waals surface area contributed by atoms with E-state index in [4.69, 9.17) is 14.2 Å². The average molecular weight is 370 g/mol. The van der Waals surface area contributed by atoms with E-state index in [2.05, 4.69) is 10.5 Å². The molecule has 0 aromatic heterocycles. The summed E-state index contributed by atoms with van der Waals surface area (Å²) >= 11 is 0. The number of hydrogen-bond donors (Lipinski definition) is 1. The summed E-state index contributed by atoms with van der Waals surface area (Å²) in [5.74, 6) is 0.158. The molecule has 0 fully saturated rings. The van der Waals surface area contributed by atoms with E-state index in [0.717, 1.165) is 0 Å². The van der Waals surface area contributed by atoms with Crippen LogP contribution >= 0.6 is 0 Å². The van der Waals surface area contributed by atoms with Crippen molar-refractivity contribution >= 4 is 18.3 Å². The fraction of sp³-hybridized carbons (Fsp3) is 0.250. The summed E-state index contributed by atoms with van der Waals surface area (Å²) in [5.41, 5.74) is 2.75. The number of ether oxygens (including phenoxy) is 3. The fourth-order valence-electron chi connectivity index (χ4n) is 2.04. The van der Waals surface area contributed by atoms with Gasteiger partial charge in [-0.05, 0) is 56.7 Å². The second-order valence-electron chi connectivity index (χ2n) is 6.54. The Morgan fingerprint density at radius 3 is 2.37 bits per heavy atom. The number of esters is 1. The van der Waals surface area contributed by atoms with E-state index < -0.39 is 17.7 Å². The molecule has 2 aromatic carbocycles. The third-order valence-electron chi connectivity index (χ3n) is 3.17. The van der Waals surface area contributed by atoms with Crippen LogP contribution in [0.15, 0.2) is 53.6 Å². The van der Waals surface area contributed by atoms with Crippen LogP contribution < -0.4 is 14.9 Å². The number of hydrogen-bond acceptors (Lipinski definition) is 6. The molecule has 0 aliphatic heterocycles. The molecule has 2 aromatic rings. The van der Waals surface area contributed by atoms with Crippen molar-refractivity contribution in [1.29, 1.82) is 0 Å². The molecule has 7 nitrogen and oxygen atoms in total. The van der Waals surface area contributed by atoms with Gasteiger partial charge in [-0.3, -0.25) is 0 Å². The van der Waals surface area contributed by atoms with Gasteiger partial charge in [-0.1, -0.05) is 18.2 Å². The zero-order valence-electron chi connectivity index (χ0n) is 15.7. The lowest BCUT2D eigenvalue weighted by atomic mass is 10.2. The van der Waals surface area contributed by atoms with Crippen molar-refractivity contribution in [2.75, 3.05) is 7.11 Å². The molecule has 0 aliphatic carbocycles. The monoisotopic (exact) mass is 370 g/mol. The molecule has 2 rings (SSSR count). The summed E-state index contributed by atoms with van der Waals surface area (Å²) in [6.45, 7) is 5.28.